The van der Waals surface area contributed by atoms with E-state index in [9.17, 15) is 19.2 Å². The minimum Gasteiger partial charge on any atom is -0.338 e. The molecule has 192 valence electrons. The van der Waals surface area contributed by atoms with Crippen LogP contribution in [0.1, 0.15) is 44.7 Å². The van der Waals surface area contributed by atoms with E-state index in [4.69, 9.17) is 11.6 Å². The van der Waals surface area contributed by atoms with Gasteiger partial charge in [0.1, 0.15) is 6.04 Å². The van der Waals surface area contributed by atoms with Crippen molar-refractivity contribution in [2.24, 2.45) is 5.92 Å². The molecule has 3 aliphatic rings. The van der Waals surface area contributed by atoms with E-state index >= 15 is 0 Å². The smallest absolute Gasteiger partial charge is 0.255 e. The zero-order chi connectivity index (χ0) is 26.4. The Balaban J connectivity index is 1.10. The summed E-state index contributed by atoms with van der Waals surface area (Å²) in [6, 6.07) is 20.4. The number of halogens is 1. The lowest BCUT2D eigenvalue weighted by Crippen LogP contribution is -2.52. The molecule has 8 heteroatoms. The molecule has 6 rings (SSSR count). The molecule has 0 aromatic heterocycles. The average molecular weight is 528 g/mol. The second-order valence-electron chi connectivity index (χ2n) is 10.2. The molecular formula is C30H26ClN3O4. The van der Waals surface area contributed by atoms with Gasteiger partial charge < -0.3 is 9.80 Å². The van der Waals surface area contributed by atoms with Gasteiger partial charge in [0.15, 0.2) is 0 Å². The van der Waals surface area contributed by atoms with Gasteiger partial charge in [-0.25, -0.2) is 0 Å². The highest BCUT2D eigenvalue weighted by Gasteiger charge is 2.39. The Morgan fingerprint density at radius 1 is 0.947 bits per heavy atom. The molecule has 0 spiro atoms. The third-order valence-electron chi connectivity index (χ3n) is 7.67. The average Bonchev–Trinajstić information content (AvgIpc) is 3.21. The van der Waals surface area contributed by atoms with Crippen LogP contribution in [0.5, 0.6) is 0 Å². The summed E-state index contributed by atoms with van der Waals surface area (Å²) in [4.78, 5) is 53.5. The molecule has 0 radical (unpaired) electrons. The summed E-state index contributed by atoms with van der Waals surface area (Å²) >= 11 is 6.04. The molecule has 38 heavy (non-hydrogen) atoms. The number of amides is 4. The fourth-order valence-electron chi connectivity index (χ4n) is 5.67. The Kier molecular flexibility index (Phi) is 6.24. The van der Waals surface area contributed by atoms with E-state index in [-0.39, 0.29) is 24.1 Å². The van der Waals surface area contributed by atoms with Crippen molar-refractivity contribution in [3.05, 3.63) is 94.0 Å². The Morgan fingerprint density at radius 2 is 1.71 bits per heavy atom. The van der Waals surface area contributed by atoms with Crippen molar-refractivity contribution in [3.8, 4) is 11.1 Å². The Hall–Kier alpha value is -3.97. The molecule has 1 unspecified atom stereocenters. The van der Waals surface area contributed by atoms with E-state index < -0.39 is 11.9 Å². The summed E-state index contributed by atoms with van der Waals surface area (Å²) in [5.74, 6) is -0.506. The number of carbonyl (C=O) groups excluding carboxylic acids is 4. The van der Waals surface area contributed by atoms with E-state index in [0.717, 1.165) is 28.7 Å². The lowest BCUT2D eigenvalue weighted by Gasteiger charge is -2.40. The van der Waals surface area contributed by atoms with Crippen molar-refractivity contribution in [1.82, 2.24) is 15.1 Å². The van der Waals surface area contributed by atoms with E-state index in [1.165, 1.54) is 0 Å². The van der Waals surface area contributed by atoms with Gasteiger partial charge in [0, 0.05) is 42.2 Å². The maximum absolute atomic E-state index is 13.3. The first-order valence-corrected chi connectivity index (χ1v) is 13.2. The van der Waals surface area contributed by atoms with Crippen molar-refractivity contribution < 1.29 is 19.2 Å². The van der Waals surface area contributed by atoms with Crippen LogP contribution in [0.2, 0.25) is 5.02 Å². The van der Waals surface area contributed by atoms with E-state index in [1.54, 1.807) is 4.90 Å². The van der Waals surface area contributed by atoms with Crippen molar-refractivity contribution >= 4 is 35.2 Å². The van der Waals surface area contributed by atoms with E-state index in [2.05, 4.69) is 5.32 Å². The van der Waals surface area contributed by atoms with E-state index in [1.807, 2.05) is 71.6 Å². The summed E-state index contributed by atoms with van der Waals surface area (Å²) in [5, 5.41) is 2.99. The first-order valence-electron chi connectivity index (χ1n) is 12.8. The van der Waals surface area contributed by atoms with Gasteiger partial charge in [-0.3, -0.25) is 24.5 Å². The highest BCUT2D eigenvalue weighted by Crippen LogP contribution is 2.32. The summed E-state index contributed by atoms with van der Waals surface area (Å²) in [6.45, 7) is 1.71. The SMILES string of the molecule is O=C1CCC(N2Cc3cc(CC4CN(C(=O)c5ccccc5-c5ccc(Cl)cc5)C4)ccc3C2=O)C(=O)N1. The molecular weight excluding hydrogens is 502 g/mol. The number of hydrogen-bond acceptors (Lipinski definition) is 4. The van der Waals surface area contributed by atoms with Gasteiger partial charge in [-0.2, -0.15) is 0 Å². The quantitative estimate of drug-likeness (QED) is 0.506. The molecule has 2 saturated heterocycles. The summed E-state index contributed by atoms with van der Waals surface area (Å²) in [7, 11) is 0. The molecule has 3 heterocycles. The Labute approximate surface area is 225 Å². The maximum atomic E-state index is 13.3. The second-order valence-corrected chi connectivity index (χ2v) is 10.7. The highest BCUT2D eigenvalue weighted by molar-refractivity contribution is 6.30. The molecule has 3 aliphatic heterocycles. The van der Waals surface area contributed by atoms with Crippen LogP contribution in [-0.2, 0) is 22.6 Å². The molecule has 1 N–H and O–H groups in total. The molecule has 0 aliphatic carbocycles. The minimum absolute atomic E-state index is 0.0197. The number of imide groups is 1. The molecule has 3 aromatic carbocycles. The van der Waals surface area contributed by atoms with Crippen LogP contribution < -0.4 is 5.32 Å². The fourth-order valence-corrected chi connectivity index (χ4v) is 5.80. The molecule has 3 aromatic rings. The van der Waals surface area contributed by atoms with Crippen LogP contribution in [0.4, 0.5) is 0 Å². The van der Waals surface area contributed by atoms with Crippen LogP contribution >= 0.6 is 11.6 Å². The Morgan fingerprint density at radius 3 is 2.47 bits per heavy atom. The zero-order valence-corrected chi connectivity index (χ0v) is 21.4. The number of fused-ring (bicyclic) bond motifs is 1. The van der Waals surface area contributed by atoms with Gasteiger partial charge in [0.05, 0.1) is 0 Å². The van der Waals surface area contributed by atoms with Crippen LogP contribution in [-0.4, -0.2) is 52.6 Å². The lowest BCUT2D eigenvalue weighted by molar-refractivity contribution is -0.136. The predicted octanol–water partition coefficient (Wildman–Crippen LogP) is 4.08. The number of nitrogens with zero attached hydrogens (tertiary/aromatic N) is 2. The van der Waals surface area contributed by atoms with Crippen molar-refractivity contribution in [3.63, 3.8) is 0 Å². The van der Waals surface area contributed by atoms with Crippen molar-refractivity contribution in [2.45, 2.75) is 31.8 Å². The van der Waals surface area contributed by atoms with E-state index in [0.29, 0.717) is 48.1 Å². The van der Waals surface area contributed by atoms with Gasteiger partial charge in [0.2, 0.25) is 11.8 Å². The minimum atomic E-state index is -0.613. The molecule has 4 amide bonds. The largest absolute Gasteiger partial charge is 0.338 e. The van der Waals surface area contributed by atoms with Crippen LogP contribution in [0.25, 0.3) is 11.1 Å². The van der Waals surface area contributed by atoms with Gasteiger partial charge in [-0.05, 0) is 65.3 Å². The normalized spacial score (nSPS) is 19.3. The number of benzene rings is 3. The predicted molar refractivity (Wildman–Crippen MR) is 142 cm³/mol. The monoisotopic (exact) mass is 527 g/mol. The number of piperidine rings is 1. The second kappa shape index (κ2) is 9.72. The van der Waals surface area contributed by atoms with Crippen molar-refractivity contribution in [2.75, 3.05) is 13.1 Å². The lowest BCUT2D eigenvalue weighted by atomic mass is 9.89. The molecule has 7 nitrogen and oxygen atoms in total. The third-order valence-corrected chi connectivity index (χ3v) is 7.92. The van der Waals surface area contributed by atoms with Crippen LogP contribution in [0.3, 0.4) is 0 Å². The number of likely N-dealkylation sites (tertiary alicyclic amines) is 1. The fraction of sp³-hybridized carbons (Fsp3) is 0.267. The summed E-state index contributed by atoms with van der Waals surface area (Å²) < 4.78 is 0. The third kappa shape index (κ3) is 4.47. The standard InChI is InChI=1S/C30H26ClN3O4/c31-22-8-6-20(7-9-22)23-3-1-2-4-25(23)29(37)33-15-19(16-33)13-18-5-10-24-21(14-18)17-34(30(24)38)26-11-12-27(35)32-28(26)36/h1-10,14,19,26H,11-13,15-17H2,(H,32,35,36). The number of hydrogen-bond donors (Lipinski definition) is 1. The molecule has 2 fully saturated rings. The molecule has 0 bridgehead atoms. The Bertz CT molecular complexity index is 1460. The topological polar surface area (TPSA) is 86.8 Å². The van der Waals surface area contributed by atoms with Gasteiger partial charge in [-0.1, -0.05) is 54.1 Å². The van der Waals surface area contributed by atoms with Crippen molar-refractivity contribution in [1.29, 1.82) is 0 Å². The number of carbonyl (C=O) groups is 4. The number of rotatable bonds is 5. The summed E-state index contributed by atoms with van der Waals surface area (Å²) in [6.07, 6.45) is 1.40. The first kappa shape index (κ1) is 24.4. The zero-order valence-electron chi connectivity index (χ0n) is 20.7. The van der Waals surface area contributed by atoms with Gasteiger partial charge >= 0.3 is 0 Å². The van der Waals surface area contributed by atoms with Gasteiger partial charge in [0.25, 0.3) is 11.8 Å². The first-order chi connectivity index (χ1) is 18.4. The maximum Gasteiger partial charge on any atom is 0.255 e. The molecule has 0 saturated carbocycles. The van der Waals surface area contributed by atoms with Gasteiger partial charge in [-0.15, -0.1) is 0 Å². The highest BCUT2D eigenvalue weighted by atomic mass is 35.5. The van der Waals surface area contributed by atoms with Crippen LogP contribution in [0.15, 0.2) is 66.7 Å². The number of nitrogens with one attached hydrogen (secondary N) is 1. The summed E-state index contributed by atoms with van der Waals surface area (Å²) in [5.41, 5.74) is 5.15. The van der Waals surface area contributed by atoms with Crippen LogP contribution in [0, 0.1) is 5.92 Å². The molecule has 1 atom stereocenters.